The zero-order valence-corrected chi connectivity index (χ0v) is 13.4. The average Bonchev–Trinajstić information content (AvgIpc) is 2.48. The molecule has 4 nitrogen and oxygen atoms in total. The molecule has 0 bridgehead atoms. The van der Waals surface area contributed by atoms with Crippen LogP contribution >= 0.6 is 0 Å². The monoisotopic (exact) mass is 308 g/mol. The van der Waals surface area contributed by atoms with E-state index in [0.717, 1.165) is 5.56 Å². The lowest BCUT2D eigenvalue weighted by Gasteiger charge is -2.08. The second kappa shape index (κ2) is 8.32. The van der Waals surface area contributed by atoms with Gasteiger partial charge in [-0.2, -0.15) is 0 Å². The van der Waals surface area contributed by atoms with Crippen molar-refractivity contribution in [3.05, 3.63) is 46.3 Å². The average molecular weight is 308 g/mol. The lowest BCUT2D eigenvalue weighted by molar-refractivity contribution is -0.146. The number of esters is 2. The zero-order valence-electron chi connectivity index (χ0n) is 13.4. The van der Waals surface area contributed by atoms with Crippen molar-refractivity contribution in [2.45, 2.75) is 34.1 Å². The fourth-order valence-corrected chi connectivity index (χ4v) is 1.88. The van der Waals surface area contributed by atoms with E-state index >= 15 is 0 Å². The molecule has 0 spiro atoms. The van der Waals surface area contributed by atoms with Crippen molar-refractivity contribution in [1.29, 1.82) is 0 Å². The summed E-state index contributed by atoms with van der Waals surface area (Å²) < 4.78 is 23.8. The van der Waals surface area contributed by atoms with Crippen LogP contribution in [0.25, 0.3) is 0 Å². The lowest BCUT2D eigenvalue weighted by atomic mass is 10.0. The summed E-state index contributed by atoms with van der Waals surface area (Å²) in [6.07, 6.45) is 1.46. The number of halogens is 1. The lowest BCUT2D eigenvalue weighted by Crippen LogP contribution is -2.18. The summed E-state index contributed by atoms with van der Waals surface area (Å²) in [7, 11) is 0. The van der Waals surface area contributed by atoms with Crippen molar-refractivity contribution in [2.24, 2.45) is 0 Å². The van der Waals surface area contributed by atoms with Gasteiger partial charge in [0.05, 0.1) is 13.2 Å². The number of hydrogen-bond donors (Lipinski definition) is 0. The second-order valence-corrected chi connectivity index (χ2v) is 4.74. The summed E-state index contributed by atoms with van der Waals surface area (Å²) in [5, 5.41) is 0. The van der Waals surface area contributed by atoms with Crippen LogP contribution in [0.5, 0.6) is 0 Å². The quantitative estimate of drug-likeness (QED) is 0.351. The van der Waals surface area contributed by atoms with Crippen LogP contribution in [0.1, 0.15) is 30.5 Å². The summed E-state index contributed by atoms with van der Waals surface area (Å²) in [5.41, 5.74) is 1.61. The van der Waals surface area contributed by atoms with E-state index in [0.29, 0.717) is 11.1 Å². The molecule has 0 amide bonds. The fourth-order valence-electron chi connectivity index (χ4n) is 1.88. The molecule has 0 fully saturated rings. The van der Waals surface area contributed by atoms with E-state index in [9.17, 15) is 14.0 Å². The fraction of sp³-hybridized carbons (Fsp3) is 0.412. The van der Waals surface area contributed by atoms with Crippen LogP contribution in [0.2, 0.25) is 0 Å². The van der Waals surface area contributed by atoms with Crippen molar-refractivity contribution in [3.63, 3.8) is 0 Å². The number of aryl methyl sites for hydroxylation is 1. The number of rotatable bonds is 6. The predicted octanol–water partition coefficient (Wildman–Crippen LogP) is 3.04. The summed E-state index contributed by atoms with van der Waals surface area (Å²) >= 11 is 0. The van der Waals surface area contributed by atoms with Gasteiger partial charge in [0, 0.05) is 0 Å². The van der Waals surface area contributed by atoms with Crippen LogP contribution in [0, 0.1) is 19.7 Å². The Hall–Kier alpha value is -2.17. The highest BCUT2D eigenvalue weighted by molar-refractivity contribution is 6.14. The van der Waals surface area contributed by atoms with Gasteiger partial charge in [-0.25, -0.2) is 14.0 Å². The topological polar surface area (TPSA) is 52.6 Å². The molecule has 0 aromatic heterocycles. The summed E-state index contributed by atoms with van der Waals surface area (Å²) in [4.78, 5) is 23.6. The van der Waals surface area contributed by atoms with E-state index in [1.807, 2.05) is 6.92 Å². The molecule has 0 aliphatic heterocycles. The van der Waals surface area contributed by atoms with E-state index in [1.165, 1.54) is 6.08 Å². The minimum absolute atomic E-state index is 0.111. The molecule has 0 radical (unpaired) electrons. The van der Waals surface area contributed by atoms with Crippen LogP contribution in [-0.4, -0.2) is 25.2 Å². The van der Waals surface area contributed by atoms with Crippen LogP contribution in [0.3, 0.4) is 0 Å². The maximum absolute atomic E-state index is 14.1. The molecule has 22 heavy (non-hydrogen) atoms. The van der Waals surface area contributed by atoms with E-state index in [2.05, 4.69) is 0 Å². The molecular weight excluding hydrogens is 287 g/mol. The Labute approximate surface area is 129 Å². The third kappa shape index (κ3) is 4.41. The molecule has 0 atom stereocenters. The normalized spacial score (nSPS) is 10.0. The SMILES string of the molecule is CCOC(=O)C(=CCc1ccc(C)c(C)c1F)C(=O)OCC. The highest BCUT2D eigenvalue weighted by atomic mass is 19.1. The second-order valence-electron chi connectivity index (χ2n) is 4.74. The largest absolute Gasteiger partial charge is 0.462 e. The molecule has 0 saturated heterocycles. The van der Waals surface area contributed by atoms with Gasteiger partial charge in [-0.3, -0.25) is 0 Å². The molecular formula is C17H21FO4. The Morgan fingerprint density at radius 3 is 2.14 bits per heavy atom. The third-order valence-electron chi connectivity index (χ3n) is 3.25. The Bertz CT molecular complexity index is 571. The van der Waals surface area contributed by atoms with Crippen molar-refractivity contribution >= 4 is 11.9 Å². The Balaban J connectivity index is 3.05. The molecule has 0 saturated carbocycles. The smallest absolute Gasteiger partial charge is 0.345 e. The van der Waals surface area contributed by atoms with Crippen molar-refractivity contribution in [3.8, 4) is 0 Å². The molecule has 0 heterocycles. The molecule has 0 N–H and O–H groups in total. The zero-order chi connectivity index (χ0) is 16.7. The number of benzene rings is 1. The molecule has 0 unspecified atom stereocenters. The first-order valence-electron chi connectivity index (χ1n) is 7.21. The van der Waals surface area contributed by atoms with Crippen molar-refractivity contribution < 1.29 is 23.5 Å². The molecule has 0 aliphatic carbocycles. The van der Waals surface area contributed by atoms with E-state index in [-0.39, 0.29) is 31.0 Å². The predicted molar refractivity (Wildman–Crippen MR) is 80.9 cm³/mol. The van der Waals surface area contributed by atoms with Gasteiger partial charge in [0.1, 0.15) is 11.4 Å². The number of carbonyl (C=O) groups is 2. The summed E-state index contributed by atoms with van der Waals surface area (Å²) in [6, 6.07) is 3.44. The first-order valence-corrected chi connectivity index (χ1v) is 7.21. The van der Waals surface area contributed by atoms with Gasteiger partial charge in [0.2, 0.25) is 0 Å². The molecule has 1 aromatic rings. The molecule has 1 aromatic carbocycles. The summed E-state index contributed by atoms with van der Waals surface area (Å²) in [5.74, 6) is -1.85. The Morgan fingerprint density at radius 1 is 1.09 bits per heavy atom. The van der Waals surface area contributed by atoms with Gasteiger partial charge in [0.25, 0.3) is 0 Å². The number of carbonyl (C=O) groups excluding carboxylic acids is 2. The van der Waals surface area contributed by atoms with Gasteiger partial charge in [-0.05, 0) is 50.8 Å². The first-order chi connectivity index (χ1) is 10.4. The minimum atomic E-state index is -0.759. The van der Waals surface area contributed by atoms with Crippen LogP contribution in [0.4, 0.5) is 4.39 Å². The van der Waals surface area contributed by atoms with E-state index in [1.54, 1.807) is 32.9 Å². The van der Waals surface area contributed by atoms with Crippen molar-refractivity contribution in [2.75, 3.05) is 13.2 Å². The molecule has 0 aliphatic rings. The van der Waals surface area contributed by atoms with Gasteiger partial charge >= 0.3 is 11.9 Å². The van der Waals surface area contributed by atoms with Gasteiger partial charge < -0.3 is 9.47 Å². The van der Waals surface area contributed by atoms with Crippen LogP contribution in [-0.2, 0) is 25.5 Å². The Kier molecular flexibility index (Phi) is 6.76. The van der Waals surface area contributed by atoms with Crippen LogP contribution in [0.15, 0.2) is 23.8 Å². The van der Waals surface area contributed by atoms with Gasteiger partial charge in [-0.15, -0.1) is 0 Å². The maximum Gasteiger partial charge on any atom is 0.345 e. The molecule has 5 heteroatoms. The van der Waals surface area contributed by atoms with Gasteiger partial charge in [-0.1, -0.05) is 18.2 Å². The standard InChI is InChI=1S/C17H21FO4/c1-5-21-16(19)14(17(20)22-6-2)10-9-13-8-7-11(3)12(4)15(13)18/h7-8,10H,5-6,9H2,1-4H3. The molecule has 1 rings (SSSR count). The summed E-state index contributed by atoms with van der Waals surface area (Å²) in [6.45, 7) is 7.09. The first kappa shape index (κ1) is 17.9. The highest BCUT2D eigenvalue weighted by Gasteiger charge is 2.21. The highest BCUT2D eigenvalue weighted by Crippen LogP contribution is 2.18. The number of allylic oxidation sites excluding steroid dienone is 1. The minimum Gasteiger partial charge on any atom is -0.462 e. The maximum atomic E-state index is 14.1. The Morgan fingerprint density at radius 2 is 1.64 bits per heavy atom. The van der Waals surface area contributed by atoms with Crippen molar-refractivity contribution in [1.82, 2.24) is 0 Å². The van der Waals surface area contributed by atoms with Gasteiger partial charge in [0.15, 0.2) is 0 Å². The van der Waals surface area contributed by atoms with E-state index < -0.39 is 11.9 Å². The molecule has 120 valence electrons. The van der Waals surface area contributed by atoms with E-state index in [4.69, 9.17) is 9.47 Å². The number of ether oxygens (including phenoxy) is 2. The van der Waals surface area contributed by atoms with Crippen LogP contribution < -0.4 is 0 Å². The third-order valence-corrected chi connectivity index (χ3v) is 3.25. The number of hydrogen-bond acceptors (Lipinski definition) is 4.